The van der Waals surface area contributed by atoms with Crippen LogP contribution in [0.15, 0.2) is 16.9 Å². The van der Waals surface area contributed by atoms with Gasteiger partial charge in [0.25, 0.3) is 5.56 Å². The van der Waals surface area contributed by atoms with E-state index in [4.69, 9.17) is 5.11 Å². The number of nitrogens with zero attached hydrogens (tertiary/aromatic N) is 2. The van der Waals surface area contributed by atoms with E-state index >= 15 is 0 Å². The summed E-state index contributed by atoms with van der Waals surface area (Å²) < 4.78 is 1.58. The second-order valence-corrected chi connectivity index (χ2v) is 3.92. The van der Waals surface area contributed by atoms with Crippen molar-refractivity contribution in [2.45, 2.75) is 26.2 Å². The van der Waals surface area contributed by atoms with Crippen LogP contribution in [0.5, 0.6) is 0 Å². The lowest BCUT2D eigenvalue weighted by Gasteiger charge is -2.02. The normalized spacial score (nSPS) is 10.9. The molecule has 0 saturated heterocycles. The molecule has 17 heavy (non-hydrogen) atoms. The third kappa shape index (κ3) is 2.35. The molecular formula is C11H13N3O3. The monoisotopic (exact) mass is 235 g/mol. The molecule has 2 heterocycles. The van der Waals surface area contributed by atoms with Gasteiger partial charge in [0.2, 0.25) is 0 Å². The van der Waals surface area contributed by atoms with Crippen molar-refractivity contribution in [2.24, 2.45) is 0 Å². The second kappa shape index (κ2) is 4.40. The number of hydrogen-bond donors (Lipinski definition) is 2. The predicted octanol–water partition coefficient (Wildman–Crippen LogP) is 0.738. The minimum absolute atomic E-state index is 0.0758. The Bertz CT molecular complexity index is 612. The number of H-pyrrole nitrogens is 1. The molecule has 0 aliphatic rings. The highest BCUT2D eigenvalue weighted by Crippen LogP contribution is 2.04. The largest absolute Gasteiger partial charge is 0.481 e. The van der Waals surface area contributed by atoms with Gasteiger partial charge in [-0.05, 0) is 25.5 Å². The first-order chi connectivity index (χ1) is 8.08. The fraction of sp³-hybridized carbons (Fsp3) is 0.364. The van der Waals surface area contributed by atoms with Crippen LogP contribution in [-0.2, 0) is 11.2 Å². The van der Waals surface area contributed by atoms with Gasteiger partial charge in [-0.15, -0.1) is 0 Å². The molecule has 0 aromatic carbocycles. The predicted molar refractivity (Wildman–Crippen MR) is 61.1 cm³/mol. The van der Waals surface area contributed by atoms with E-state index in [1.54, 1.807) is 10.6 Å². The van der Waals surface area contributed by atoms with Gasteiger partial charge >= 0.3 is 5.97 Å². The number of aromatic amines is 1. The van der Waals surface area contributed by atoms with Gasteiger partial charge in [0.1, 0.15) is 11.3 Å². The first kappa shape index (κ1) is 11.4. The second-order valence-electron chi connectivity index (χ2n) is 3.92. The Hall–Kier alpha value is -2.11. The lowest BCUT2D eigenvalue weighted by molar-refractivity contribution is -0.137. The van der Waals surface area contributed by atoms with Crippen LogP contribution in [0.1, 0.15) is 24.4 Å². The van der Waals surface area contributed by atoms with Crippen LogP contribution in [-0.4, -0.2) is 25.7 Å². The summed E-state index contributed by atoms with van der Waals surface area (Å²) in [5, 5.41) is 12.8. The van der Waals surface area contributed by atoms with Crippen LogP contribution in [0, 0.1) is 6.92 Å². The van der Waals surface area contributed by atoms with E-state index in [1.807, 2.05) is 13.0 Å². The first-order valence-corrected chi connectivity index (χ1v) is 5.37. The maximum Gasteiger partial charge on any atom is 0.303 e. The lowest BCUT2D eigenvalue weighted by Crippen LogP contribution is -2.16. The molecule has 2 aromatic heterocycles. The number of rotatable bonds is 4. The summed E-state index contributed by atoms with van der Waals surface area (Å²) in [5.41, 5.74) is 1.19. The highest BCUT2D eigenvalue weighted by molar-refractivity contribution is 5.66. The number of fused-ring (bicyclic) bond motifs is 1. The molecule has 0 unspecified atom stereocenters. The summed E-state index contributed by atoms with van der Waals surface area (Å²) in [6.07, 6.45) is 0.992. The molecule has 0 bridgehead atoms. The molecule has 2 aromatic rings. The minimum atomic E-state index is -0.842. The number of carboxylic acids is 1. The molecule has 0 atom stereocenters. The van der Waals surface area contributed by atoms with Crippen LogP contribution in [0.25, 0.3) is 5.52 Å². The van der Waals surface area contributed by atoms with Gasteiger partial charge in [-0.2, -0.15) is 5.10 Å². The van der Waals surface area contributed by atoms with E-state index in [2.05, 4.69) is 10.1 Å². The Morgan fingerprint density at radius 3 is 3.00 bits per heavy atom. The summed E-state index contributed by atoms with van der Waals surface area (Å²) in [6, 6.07) is 3.53. The van der Waals surface area contributed by atoms with Crippen molar-refractivity contribution in [2.75, 3.05) is 0 Å². The molecule has 2 N–H and O–H groups in total. The minimum Gasteiger partial charge on any atom is -0.481 e. The molecule has 0 radical (unpaired) electrons. The van der Waals surface area contributed by atoms with Gasteiger partial charge in [0.05, 0.1) is 0 Å². The molecule has 0 saturated carbocycles. The number of nitrogens with one attached hydrogen (secondary N) is 1. The van der Waals surface area contributed by atoms with Gasteiger partial charge in [-0.1, -0.05) is 0 Å². The third-order valence-electron chi connectivity index (χ3n) is 2.56. The van der Waals surface area contributed by atoms with Gasteiger partial charge in [0, 0.05) is 18.5 Å². The van der Waals surface area contributed by atoms with Crippen molar-refractivity contribution in [1.29, 1.82) is 0 Å². The number of carbonyl (C=O) groups is 1. The molecule has 0 amide bonds. The van der Waals surface area contributed by atoms with Crippen molar-refractivity contribution in [3.8, 4) is 0 Å². The molecular weight excluding hydrogens is 222 g/mol. The molecule has 0 fully saturated rings. The van der Waals surface area contributed by atoms with Crippen molar-refractivity contribution in [1.82, 2.24) is 14.6 Å². The number of hydrogen-bond acceptors (Lipinski definition) is 3. The topological polar surface area (TPSA) is 87.5 Å². The van der Waals surface area contributed by atoms with Gasteiger partial charge in [0.15, 0.2) is 0 Å². The van der Waals surface area contributed by atoms with Crippen molar-refractivity contribution in [3.63, 3.8) is 0 Å². The van der Waals surface area contributed by atoms with E-state index < -0.39 is 5.97 Å². The molecule has 0 spiro atoms. The zero-order chi connectivity index (χ0) is 12.4. The van der Waals surface area contributed by atoms with Crippen LogP contribution >= 0.6 is 0 Å². The molecule has 90 valence electrons. The van der Waals surface area contributed by atoms with E-state index in [0.29, 0.717) is 24.2 Å². The van der Waals surface area contributed by atoms with E-state index in [-0.39, 0.29) is 12.0 Å². The Balaban J connectivity index is 2.26. The summed E-state index contributed by atoms with van der Waals surface area (Å²) in [7, 11) is 0. The summed E-state index contributed by atoms with van der Waals surface area (Å²) >= 11 is 0. The van der Waals surface area contributed by atoms with Crippen LogP contribution in [0.2, 0.25) is 0 Å². The fourth-order valence-corrected chi connectivity index (χ4v) is 1.70. The summed E-state index contributed by atoms with van der Waals surface area (Å²) in [5.74, 6) is -0.325. The molecule has 6 nitrogen and oxygen atoms in total. The number of aryl methyl sites for hydroxylation is 2. The number of aliphatic carboxylic acids is 1. The fourth-order valence-electron chi connectivity index (χ4n) is 1.70. The lowest BCUT2D eigenvalue weighted by atomic mass is 10.2. The van der Waals surface area contributed by atoms with Crippen molar-refractivity contribution < 1.29 is 9.90 Å². The smallest absolute Gasteiger partial charge is 0.303 e. The van der Waals surface area contributed by atoms with Gasteiger partial charge < -0.3 is 10.1 Å². The zero-order valence-electron chi connectivity index (χ0n) is 9.43. The molecule has 2 rings (SSSR count). The van der Waals surface area contributed by atoms with Crippen LogP contribution < -0.4 is 5.56 Å². The summed E-state index contributed by atoms with van der Waals surface area (Å²) in [6.45, 7) is 1.86. The SMILES string of the molecule is Cc1ccc2c(=O)[nH]c(CCCC(=O)O)nn12. The van der Waals surface area contributed by atoms with Gasteiger partial charge in [-0.25, -0.2) is 4.52 Å². The molecule has 0 aliphatic heterocycles. The Morgan fingerprint density at radius 2 is 2.29 bits per heavy atom. The van der Waals surface area contributed by atoms with Crippen LogP contribution in [0.4, 0.5) is 0 Å². The highest BCUT2D eigenvalue weighted by atomic mass is 16.4. The van der Waals surface area contributed by atoms with E-state index in [0.717, 1.165) is 5.69 Å². The van der Waals surface area contributed by atoms with E-state index in [1.165, 1.54) is 0 Å². The maximum absolute atomic E-state index is 11.7. The highest BCUT2D eigenvalue weighted by Gasteiger charge is 2.06. The number of carboxylic acid groups (broad SMARTS) is 1. The van der Waals surface area contributed by atoms with Crippen LogP contribution in [0.3, 0.4) is 0 Å². The standard InChI is InChI=1S/C11H13N3O3/c1-7-5-6-8-11(17)12-9(13-14(7)8)3-2-4-10(15)16/h5-6H,2-4H2,1H3,(H,15,16)(H,12,13,17). The quantitative estimate of drug-likeness (QED) is 0.818. The maximum atomic E-state index is 11.7. The molecule has 0 aliphatic carbocycles. The Kier molecular flexibility index (Phi) is 2.95. The van der Waals surface area contributed by atoms with E-state index in [9.17, 15) is 9.59 Å². The van der Waals surface area contributed by atoms with Crippen molar-refractivity contribution in [3.05, 3.63) is 34.0 Å². The average Bonchev–Trinajstić information content (AvgIpc) is 2.61. The molecule has 6 heteroatoms. The van der Waals surface area contributed by atoms with Crippen molar-refractivity contribution >= 4 is 11.5 Å². The first-order valence-electron chi connectivity index (χ1n) is 5.37. The van der Waals surface area contributed by atoms with Gasteiger partial charge in [-0.3, -0.25) is 9.59 Å². The zero-order valence-corrected chi connectivity index (χ0v) is 9.43. The number of aromatic nitrogens is 3. The Morgan fingerprint density at radius 1 is 1.53 bits per heavy atom. The third-order valence-corrected chi connectivity index (χ3v) is 2.56. The summed E-state index contributed by atoms with van der Waals surface area (Å²) in [4.78, 5) is 24.7. The average molecular weight is 235 g/mol. The Labute approximate surface area is 96.9 Å².